The normalized spacial score (nSPS) is 17.4. The highest BCUT2D eigenvalue weighted by Crippen LogP contribution is 2.27. The third-order valence-electron chi connectivity index (χ3n) is 3.47. The lowest BCUT2D eigenvalue weighted by molar-refractivity contribution is 0.0794. The van der Waals surface area contributed by atoms with Crippen LogP contribution in [0.4, 0.5) is 0 Å². The van der Waals surface area contributed by atoms with E-state index in [0.717, 1.165) is 30.1 Å². The molecular weight excluding hydrogens is 284 g/mol. The quantitative estimate of drug-likeness (QED) is 0.758. The number of amides is 1. The van der Waals surface area contributed by atoms with Crippen molar-refractivity contribution < 1.29 is 9.53 Å². The third kappa shape index (κ3) is 4.48. The Labute approximate surface area is 130 Å². The van der Waals surface area contributed by atoms with Crippen LogP contribution in [0.5, 0.6) is 0 Å². The molecule has 1 aromatic rings. The number of carbonyl (C=O) groups excluding carboxylic acids is 1. The first kappa shape index (κ1) is 15.9. The van der Waals surface area contributed by atoms with E-state index in [2.05, 4.69) is 6.07 Å². The van der Waals surface area contributed by atoms with Gasteiger partial charge in [-0.05, 0) is 25.0 Å². The van der Waals surface area contributed by atoms with E-state index in [-0.39, 0.29) is 5.91 Å². The molecule has 5 heteroatoms. The zero-order valence-corrected chi connectivity index (χ0v) is 13.1. The molecule has 1 aromatic carbocycles. The van der Waals surface area contributed by atoms with Gasteiger partial charge in [-0.3, -0.25) is 4.79 Å². The molecule has 0 spiro atoms. The first-order valence-corrected chi connectivity index (χ1v) is 8.16. The Morgan fingerprint density at radius 1 is 1.52 bits per heavy atom. The van der Waals surface area contributed by atoms with Crippen LogP contribution in [0.15, 0.2) is 29.2 Å². The third-order valence-corrected chi connectivity index (χ3v) is 4.68. The molecule has 1 fully saturated rings. The number of hydrogen-bond donors (Lipinski definition) is 0. The molecule has 4 nitrogen and oxygen atoms in total. The number of carbonyl (C=O) groups is 1. The van der Waals surface area contributed by atoms with Crippen LogP contribution in [0.2, 0.25) is 0 Å². The fraction of sp³-hybridized carbons (Fsp3) is 0.500. The van der Waals surface area contributed by atoms with Crippen molar-refractivity contribution in [3.8, 4) is 6.07 Å². The van der Waals surface area contributed by atoms with Crippen LogP contribution in [-0.4, -0.2) is 42.9 Å². The molecule has 1 saturated heterocycles. The Hall–Kier alpha value is -1.51. The van der Waals surface area contributed by atoms with Crippen molar-refractivity contribution in [1.82, 2.24) is 4.90 Å². The van der Waals surface area contributed by atoms with Gasteiger partial charge < -0.3 is 9.64 Å². The predicted octanol–water partition coefficient (Wildman–Crippen LogP) is 2.94. The molecule has 1 atom stereocenters. The number of hydrogen-bond acceptors (Lipinski definition) is 4. The molecule has 0 bridgehead atoms. The molecule has 1 unspecified atom stereocenters. The fourth-order valence-electron chi connectivity index (χ4n) is 2.25. The van der Waals surface area contributed by atoms with Crippen molar-refractivity contribution in [1.29, 1.82) is 5.26 Å². The van der Waals surface area contributed by atoms with Gasteiger partial charge in [-0.15, -0.1) is 11.8 Å². The summed E-state index contributed by atoms with van der Waals surface area (Å²) in [5.74, 6) is 0.854. The Morgan fingerprint density at radius 3 is 3.05 bits per heavy atom. The van der Waals surface area contributed by atoms with E-state index in [1.54, 1.807) is 23.7 Å². The topological polar surface area (TPSA) is 53.3 Å². The predicted molar refractivity (Wildman–Crippen MR) is 83.3 cm³/mol. The van der Waals surface area contributed by atoms with E-state index in [9.17, 15) is 4.79 Å². The van der Waals surface area contributed by atoms with Gasteiger partial charge in [0.1, 0.15) is 0 Å². The standard InChI is InChI=1S/C16H20N2O2S/c1-18(10-5-9-17)16(19)14-7-2-3-8-15(14)21-12-13-6-4-11-20-13/h2-3,7-8,13H,4-6,10-12H2,1H3. The van der Waals surface area contributed by atoms with E-state index < -0.39 is 0 Å². The van der Waals surface area contributed by atoms with Crippen molar-refractivity contribution in [2.45, 2.75) is 30.3 Å². The molecule has 1 amide bonds. The van der Waals surface area contributed by atoms with E-state index >= 15 is 0 Å². The molecule has 1 aliphatic rings. The van der Waals surface area contributed by atoms with Gasteiger partial charge in [0, 0.05) is 30.8 Å². The van der Waals surface area contributed by atoms with Gasteiger partial charge in [0.25, 0.3) is 5.91 Å². The number of nitrogens with zero attached hydrogens (tertiary/aromatic N) is 2. The second-order valence-electron chi connectivity index (χ2n) is 5.08. The number of thioether (sulfide) groups is 1. The second-order valence-corrected chi connectivity index (χ2v) is 6.14. The number of benzene rings is 1. The molecular formula is C16H20N2O2S. The summed E-state index contributed by atoms with van der Waals surface area (Å²) in [5, 5.41) is 8.62. The number of nitriles is 1. The molecule has 0 N–H and O–H groups in total. The van der Waals surface area contributed by atoms with Crippen LogP contribution in [0.25, 0.3) is 0 Å². The molecule has 112 valence electrons. The molecule has 1 aliphatic heterocycles. The minimum absolute atomic E-state index is 0.0271. The van der Waals surface area contributed by atoms with Crippen molar-refractivity contribution in [3.05, 3.63) is 29.8 Å². The second kappa shape index (κ2) is 8.06. The van der Waals surface area contributed by atoms with Gasteiger partial charge in [-0.25, -0.2) is 0 Å². The average molecular weight is 304 g/mol. The summed E-state index contributed by atoms with van der Waals surface area (Å²) in [6.45, 7) is 1.31. The van der Waals surface area contributed by atoms with Crippen LogP contribution in [0, 0.1) is 11.3 Å². The molecule has 21 heavy (non-hydrogen) atoms. The summed E-state index contributed by atoms with van der Waals surface area (Å²) in [5.41, 5.74) is 0.709. The van der Waals surface area contributed by atoms with Gasteiger partial charge in [-0.2, -0.15) is 5.26 Å². The van der Waals surface area contributed by atoms with Gasteiger partial charge in [-0.1, -0.05) is 12.1 Å². The minimum atomic E-state index is -0.0271. The molecule has 0 aromatic heterocycles. The zero-order valence-electron chi connectivity index (χ0n) is 12.2. The molecule has 0 aliphatic carbocycles. The summed E-state index contributed by atoms with van der Waals surface area (Å²) in [6.07, 6.45) is 2.89. The Balaban J connectivity index is 2.01. The van der Waals surface area contributed by atoms with E-state index in [1.165, 1.54) is 0 Å². The summed E-state index contributed by atoms with van der Waals surface area (Å²) < 4.78 is 5.62. The van der Waals surface area contributed by atoms with Crippen LogP contribution >= 0.6 is 11.8 Å². The monoisotopic (exact) mass is 304 g/mol. The van der Waals surface area contributed by atoms with Crippen molar-refractivity contribution in [2.24, 2.45) is 0 Å². The molecule has 2 rings (SSSR count). The average Bonchev–Trinajstić information content (AvgIpc) is 3.03. The van der Waals surface area contributed by atoms with Crippen LogP contribution in [0.3, 0.4) is 0 Å². The van der Waals surface area contributed by atoms with Crippen molar-refractivity contribution in [3.63, 3.8) is 0 Å². The smallest absolute Gasteiger partial charge is 0.254 e. The lowest BCUT2D eigenvalue weighted by Gasteiger charge is -2.18. The minimum Gasteiger partial charge on any atom is -0.377 e. The summed E-state index contributed by atoms with van der Waals surface area (Å²) in [6, 6.07) is 9.72. The highest BCUT2D eigenvalue weighted by Gasteiger charge is 2.19. The van der Waals surface area contributed by atoms with E-state index in [0.29, 0.717) is 24.6 Å². The maximum Gasteiger partial charge on any atom is 0.254 e. The first-order valence-electron chi connectivity index (χ1n) is 7.18. The SMILES string of the molecule is CN(CCC#N)C(=O)c1ccccc1SCC1CCCO1. The lowest BCUT2D eigenvalue weighted by Crippen LogP contribution is -2.28. The number of rotatable bonds is 6. The van der Waals surface area contributed by atoms with E-state index in [1.807, 2.05) is 24.3 Å². The van der Waals surface area contributed by atoms with Crippen LogP contribution in [0.1, 0.15) is 29.6 Å². The first-order chi connectivity index (χ1) is 10.2. The van der Waals surface area contributed by atoms with Crippen molar-refractivity contribution >= 4 is 17.7 Å². The van der Waals surface area contributed by atoms with Gasteiger partial charge in [0.05, 0.1) is 24.2 Å². The van der Waals surface area contributed by atoms with Crippen LogP contribution in [-0.2, 0) is 4.74 Å². The summed E-state index contributed by atoms with van der Waals surface area (Å²) in [7, 11) is 1.74. The maximum absolute atomic E-state index is 12.4. The van der Waals surface area contributed by atoms with Crippen LogP contribution < -0.4 is 0 Å². The molecule has 0 saturated carbocycles. The van der Waals surface area contributed by atoms with Crippen molar-refractivity contribution in [2.75, 3.05) is 26.0 Å². The Bertz CT molecular complexity index is 521. The summed E-state index contributed by atoms with van der Waals surface area (Å²) in [4.78, 5) is 15.0. The lowest BCUT2D eigenvalue weighted by atomic mass is 10.2. The van der Waals surface area contributed by atoms with Gasteiger partial charge in [0.15, 0.2) is 0 Å². The fourth-order valence-corrected chi connectivity index (χ4v) is 3.37. The number of ether oxygens (including phenoxy) is 1. The maximum atomic E-state index is 12.4. The van der Waals surface area contributed by atoms with Gasteiger partial charge >= 0.3 is 0 Å². The highest BCUT2D eigenvalue weighted by molar-refractivity contribution is 7.99. The van der Waals surface area contributed by atoms with Gasteiger partial charge in [0.2, 0.25) is 0 Å². The Morgan fingerprint density at radius 2 is 2.33 bits per heavy atom. The molecule has 1 heterocycles. The highest BCUT2D eigenvalue weighted by atomic mass is 32.2. The summed E-state index contributed by atoms with van der Waals surface area (Å²) >= 11 is 1.68. The Kier molecular flexibility index (Phi) is 6.09. The van der Waals surface area contributed by atoms with E-state index in [4.69, 9.17) is 10.00 Å². The molecule has 0 radical (unpaired) electrons. The zero-order chi connectivity index (χ0) is 15.1. The largest absolute Gasteiger partial charge is 0.377 e.